The molecule has 1 amide bonds. The van der Waals surface area contributed by atoms with Crippen molar-refractivity contribution < 1.29 is 19.0 Å². The number of nitrogens with zero attached hydrogens (tertiary/aromatic N) is 2. The van der Waals surface area contributed by atoms with Crippen LogP contribution in [0.3, 0.4) is 0 Å². The van der Waals surface area contributed by atoms with E-state index in [4.69, 9.17) is 4.74 Å². The third-order valence-corrected chi connectivity index (χ3v) is 5.72. The molecule has 4 atom stereocenters. The molecule has 0 bridgehead atoms. The van der Waals surface area contributed by atoms with Crippen LogP contribution in [0.4, 0.5) is 4.39 Å². The second-order valence-corrected chi connectivity index (χ2v) is 8.07. The van der Waals surface area contributed by atoms with Gasteiger partial charge >= 0.3 is 0 Å². The highest BCUT2D eigenvalue weighted by atomic mass is 19.1. The monoisotopic (exact) mass is 378 g/mol. The van der Waals surface area contributed by atoms with Crippen LogP contribution in [0, 0.1) is 17.7 Å². The smallest absolute Gasteiger partial charge is 0.222 e. The highest BCUT2D eigenvalue weighted by Crippen LogP contribution is 2.26. The van der Waals surface area contributed by atoms with Crippen LogP contribution >= 0.6 is 0 Å². The number of ether oxygens (including phenoxy) is 1. The van der Waals surface area contributed by atoms with Crippen LogP contribution in [0.15, 0.2) is 24.3 Å². The topological polar surface area (TPSA) is 53.0 Å². The molecule has 2 heterocycles. The lowest BCUT2D eigenvalue weighted by atomic mass is 9.96. The SMILES string of the molecule is CC1CN(CC2CN(C(=O)CCc3ccccc3F)CC2CO)CC(C)O1. The molecule has 1 aromatic rings. The Balaban J connectivity index is 1.53. The molecule has 4 unspecified atom stereocenters. The second kappa shape index (κ2) is 9.13. The van der Waals surface area contributed by atoms with Crippen molar-refractivity contribution in [3.8, 4) is 0 Å². The van der Waals surface area contributed by atoms with Gasteiger partial charge in [-0.2, -0.15) is 0 Å². The van der Waals surface area contributed by atoms with Gasteiger partial charge in [0.25, 0.3) is 0 Å². The van der Waals surface area contributed by atoms with Gasteiger partial charge in [-0.25, -0.2) is 4.39 Å². The summed E-state index contributed by atoms with van der Waals surface area (Å²) in [6, 6.07) is 6.61. The Morgan fingerprint density at radius 1 is 1.15 bits per heavy atom. The molecule has 0 radical (unpaired) electrons. The van der Waals surface area contributed by atoms with Crippen LogP contribution in [0.1, 0.15) is 25.8 Å². The van der Waals surface area contributed by atoms with E-state index >= 15 is 0 Å². The molecule has 27 heavy (non-hydrogen) atoms. The minimum Gasteiger partial charge on any atom is -0.396 e. The lowest BCUT2D eigenvalue weighted by molar-refractivity contribution is -0.130. The Morgan fingerprint density at radius 2 is 1.81 bits per heavy atom. The lowest BCUT2D eigenvalue weighted by Gasteiger charge is -2.37. The number of benzene rings is 1. The molecule has 0 aliphatic carbocycles. The van der Waals surface area contributed by atoms with E-state index in [1.54, 1.807) is 18.2 Å². The highest BCUT2D eigenvalue weighted by molar-refractivity contribution is 5.76. The van der Waals surface area contributed by atoms with E-state index in [0.717, 1.165) is 19.6 Å². The first kappa shape index (κ1) is 20.2. The van der Waals surface area contributed by atoms with Crippen LogP contribution in [0.25, 0.3) is 0 Å². The fourth-order valence-corrected chi connectivity index (χ4v) is 4.42. The molecule has 3 rings (SSSR count). The number of halogens is 1. The standard InChI is InChI=1S/C21H31FN2O3/c1-15-9-23(10-16(2)27-15)11-18-12-24(13-19(18)14-25)21(26)8-7-17-5-3-4-6-20(17)22/h3-6,15-16,18-19,25H,7-14H2,1-2H3. The van der Waals surface area contributed by atoms with Crippen LogP contribution in [0.5, 0.6) is 0 Å². The summed E-state index contributed by atoms with van der Waals surface area (Å²) in [6.45, 7) is 8.17. The fourth-order valence-electron chi connectivity index (χ4n) is 4.42. The van der Waals surface area contributed by atoms with Crippen LogP contribution in [-0.2, 0) is 16.0 Å². The minimum absolute atomic E-state index is 0.0444. The van der Waals surface area contributed by atoms with E-state index in [9.17, 15) is 14.3 Å². The summed E-state index contributed by atoms with van der Waals surface area (Å²) < 4.78 is 19.5. The number of hydrogen-bond donors (Lipinski definition) is 1. The first-order valence-corrected chi connectivity index (χ1v) is 9.96. The molecule has 1 aromatic carbocycles. The average molecular weight is 378 g/mol. The zero-order valence-corrected chi connectivity index (χ0v) is 16.3. The van der Waals surface area contributed by atoms with Gasteiger partial charge in [-0.1, -0.05) is 18.2 Å². The van der Waals surface area contributed by atoms with E-state index in [2.05, 4.69) is 18.7 Å². The molecule has 2 fully saturated rings. The van der Waals surface area contributed by atoms with Crippen LogP contribution in [0.2, 0.25) is 0 Å². The Bertz CT molecular complexity index is 632. The molecule has 6 heteroatoms. The maximum atomic E-state index is 13.7. The van der Waals surface area contributed by atoms with Crippen molar-refractivity contribution in [2.24, 2.45) is 11.8 Å². The minimum atomic E-state index is -0.256. The van der Waals surface area contributed by atoms with Gasteiger partial charge in [-0.15, -0.1) is 0 Å². The normalized spacial score (nSPS) is 29.3. The summed E-state index contributed by atoms with van der Waals surface area (Å²) in [4.78, 5) is 16.9. The van der Waals surface area contributed by atoms with E-state index in [1.165, 1.54) is 6.07 Å². The van der Waals surface area contributed by atoms with Crippen molar-refractivity contribution in [1.29, 1.82) is 0 Å². The van der Waals surface area contributed by atoms with Gasteiger partial charge in [0.05, 0.1) is 12.2 Å². The number of morpholine rings is 1. The van der Waals surface area contributed by atoms with Gasteiger partial charge in [0.1, 0.15) is 5.82 Å². The summed E-state index contributed by atoms with van der Waals surface area (Å²) in [5.41, 5.74) is 0.580. The molecule has 0 spiro atoms. The van der Waals surface area contributed by atoms with Crippen LogP contribution < -0.4 is 0 Å². The zero-order valence-electron chi connectivity index (χ0n) is 16.3. The molecule has 2 aliphatic rings. The van der Waals surface area contributed by atoms with Crippen molar-refractivity contribution >= 4 is 5.91 Å². The van der Waals surface area contributed by atoms with E-state index in [1.807, 2.05) is 4.90 Å². The third kappa shape index (κ3) is 5.27. The summed E-state index contributed by atoms with van der Waals surface area (Å²) >= 11 is 0. The molecule has 0 saturated carbocycles. The maximum absolute atomic E-state index is 13.7. The molecular weight excluding hydrogens is 347 g/mol. The van der Waals surface area contributed by atoms with E-state index in [0.29, 0.717) is 31.5 Å². The quantitative estimate of drug-likeness (QED) is 0.822. The Kier molecular flexibility index (Phi) is 6.84. The number of aliphatic hydroxyl groups excluding tert-OH is 1. The number of likely N-dealkylation sites (tertiary alicyclic amines) is 1. The summed E-state index contributed by atoms with van der Waals surface area (Å²) in [6.07, 6.45) is 1.13. The van der Waals surface area contributed by atoms with Crippen molar-refractivity contribution in [2.45, 2.75) is 38.9 Å². The van der Waals surface area contributed by atoms with Crippen molar-refractivity contribution in [2.75, 3.05) is 39.3 Å². The maximum Gasteiger partial charge on any atom is 0.222 e. The number of hydrogen-bond acceptors (Lipinski definition) is 4. The summed E-state index contributed by atoms with van der Waals surface area (Å²) in [5.74, 6) is 0.164. The van der Waals surface area contributed by atoms with E-state index in [-0.39, 0.29) is 42.4 Å². The zero-order chi connectivity index (χ0) is 19.4. The largest absolute Gasteiger partial charge is 0.396 e. The van der Waals surface area contributed by atoms with Crippen molar-refractivity contribution in [3.63, 3.8) is 0 Å². The first-order valence-electron chi connectivity index (χ1n) is 9.96. The van der Waals surface area contributed by atoms with Crippen LogP contribution in [-0.4, -0.2) is 72.4 Å². The second-order valence-electron chi connectivity index (χ2n) is 8.07. The van der Waals surface area contributed by atoms with Gasteiger partial charge < -0.3 is 14.7 Å². The van der Waals surface area contributed by atoms with Gasteiger partial charge in [0.15, 0.2) is 0 Å². The number of carbonyl (C=O) groups excluding carboxylic acids is 1. The Hall–Kier alpha value is -1.50. The molecule has 1 N–H and O–H groups in total. The lowest BCUT2D eigenvalue weighted by Crippen LogP contribution is -2.48. The molecule has 0 aromatic heterocycles. The number of carbonyl (C=O) groups is 1. The number of aliphatic hydroxyl groups is 1. The Morgan fingerprint density at radius 3 is 2.48 bits per heavy atom. The van der Waals surface area contributed by atoms with Crippen molar-refractivity contribution in [3.05, 3.63) is 35.6 Å². The van der Waals surface area contributed by atoms with Gasteiger partial charge in [0.2, 0.25) is 5.91 Å². The molecule has 2 aliphatic heterocycles. The van der Waals surface area contributed by atoms with Gasteiger partial charge in [-0.3, -0.25) is 9.69 Å². The predicted octanol–water partition coefficient (Wildman–Crippen LogP) is 1.93. The van der Waals surface area contributed by atoms with Gasteiger partial charge in [0, 0.05) is 51.7 Å². The molecule has 2 saturated heterocycles. The molecule has 150 valence electrons. The fraction of sp³-hybridized carbons (Fsp3) is 0.667. The first-order chi connectivity index (χ1) is 13.0. The average Bonchev–Trinajstić information content (AvgIpc) is 3.03. The molecule has 5 nitrogen and oxygen atoms in total. The van der Waals surface area contributed by atoms with E-state index < -0.39 is 0 Å². The molecular formula is C21H31FN2O3. The van der Waals surface area contributed by atoms with Crippen molar-refractivity contribution in [1.82, 2.24) is 9.80 Å². The highest BCUT2D eigenvalue weighted by Gasteiger charge is 2.36. The third-order valence-electron chi connectivity index (χ3n) is 5.72. The number of rotatable bonds is 6. The summed E-state index contributed by atoms with van der Waals surface area (Å²) in [5, 5.41) is 9.78. The summed E-state index contributed by atoms with van der Waals surface area (Å²) in [7, 11) is 0. The predicted molar refractivity (Wildman–Crippen MR) is 102 cm³/mol. The number of aryl methyl sites for hydroxylation is 1. The number of amides is 1. The Labute approximate surface area is 161 Å². The van der Waals surface area contributed by atoms with Gasteiger partial charge in [-0.05, 0) is 37.8 Å².